The molecule has 0 bridgehead atoms. The number of hydrogen-bond acceptors (Lipinski definition) is 2. The molecule has 0 spiro atoms. The Hall–Kier alpha value is -2.29. The number of carboxylic acid groups (broad SMARTS) is 1. The highest BCUT2D eigenvalue weighted by molar-refractivity contribution is 5.93. The number of unbranched alkanes of at least 4 members (excludes halogenated alkanes) is 1. The summed E-state index contributed by atoms with van der Waals surface area (Å²) in [4.78, 5) is 10.9. The minimum atomic E-state index is -0.974. The first-order chi connectivity index (χ1) is 9.66. The van der Waals surface area contributed by atoms with Crippen LogP contribution in [0.3, 0.4) is 0 Å². The van der Waals surface area contributed by atoms with E-state index in [1.165, 1.54) is 5.56 Å². The standard InChI is InChI=1S/C17H19NO2/c18-16-12-14(10-11-15(16)17(19)20)9-5-4-8-13-6-2-1-3-7-13/h1-3,6-7,10-12H,4-5,8-9,18H2,(H,19,20). The number of rotatable bonds is 6. The van der Waals surface area contributed by atoms with Crippen LogP contribution in [-0.2, 0) is 12.8 Å². The van der Waals surface area contributed by atoms with E-state index in [4.69, 9.17) is 10.8 Å². The van der Waals surface area contributed by atoms with Gasteiger partial charge in [-0.2, -0.15) is 0 Å². The largest absolute Gasteiger partial charge is 0.478 e. The lowest BCUT2D eigenvalue weighted by Crippen LogP contribution is -2.03. The zero-order chi connectivity index (χ0) is 14.4. The van der Waals surface area contributed by atoms with Gasteiger partial charge in [-0.3, -0.25) is 0 Å². The van der Waals surface area contributed by atoms with Crippen LogP contribution in [0.4, 0.5) is 5.69 Å². The van der Waals surface area contributed by atoms with Crippen molar-refractivity contribution in [2.24, 2.45) is 0 Å². The van der Waals surface area contributed by atoms with Gasteiger partial charge in [0.2, 0.25) is 0 Å². The van der Waals surface area contributed by atoms with Gasteiger partial charge in [-0.15, -0.1) is 0 Å². The first-order valence-corrected chi connectivity index (χ1v) is 6.82. The zero-order valence-corrected chi connectivity index (χ0v) is 11.4. The van der Waals surface area contributed by atoms with Crippen molar-refractivity contribution < 1.29 is 9.90 Å². The maximum absolute atomic E-state index is 10.9. The SMILES string of the molecule is Nc1cc(CCCCc2ccccc2)ccc1C(=O)O. The second kappa shape index (κ2) is 6.75. The number of hydrogen-bond donors (Lipinski definition) is 2. The molecule has 0 aliphatic carbocycles. The summed E-state index contributed by atoms with van der Waals surface area (Å²) in [6, 6.07) is 15.6. The lowest BCUT2D eigenvalue weighted by Gasteiger charge is -2.06. The predicted octanol–water partition coefficient (Wildman–Crippen LogP) is 3.53. The number of aryl methyl sites for hydroxylation is 2. The van der Waals surface area contributed by atoms with Gasteiger partial charge in [-0.05, 0) is 48.9 Å². The van der Waals surface area contributed by atoms with Crippen LogP contribution in [0.25, 0.3) is 0 Å². The van der Waals surface area contributed by atoms with E-state index < -0.39 is 5.97 Å². The summed E-state index contributed by atoms with van der Waals surface area (Å²) < 4.78 is 0. The fourth-order valence-electron chi connectivity index (χ4n) is 2.27. The smallest absolute Gasteiger partial charge is 0.337 e. The minimum absolute atomic E-state index is 0.179. The Kier molecular flexibility index (Phi) is 4.77. The molecule has 0 heterocycles. The van der Waals surface area contributed by atoms with Gasteiger partial charge >= 0.3 is 5.97 Å². The number of nitrogen functional groups attached to an aromatic ring is 1. The van der Waals surface area contributed by atoms with Crippen LogP contribution in [0, 0.1) is 0 Å². The van der Waals surface area contributed by atoms with Crippen LogP contribution < -0.4 is 5.73 Å². The monoisotopic (exact) mass is 269 g/mol. The Morgan fingerprint density at radius 2 is 1.60 bits per heavy atom. The molecule has 0 atom stereocenters. The average molecular weight is 269 g/mol. The normalized spacial score (nSPS) is 10.4. The van der Waals surface area contributed by atoms with E-state index >= 15 is 0 Å². The molecule has 20 heavy (non-hydrogen) atoms. The highest BCUT2D eigenvalue weighted by atomic mass is 16.4. The lowest BCUT2D eigenvalue weighted by molar-refractivity contribution is 0.0698. The molecule has 104 valence electrons. The van der Waals surface area contributed by atoms with E-state index in [9.17, 15) is 4.79 Å². The summed E-state index contributed by atoms with van der Waals surface area (Å²) in [5.41, 5.74) is 8.71. The molecule has 3 nitrogen and oxygen atoms in total. The molecule has 0 aromatic heterocycles. The molecule has 0 aliphatic heterocycles. The van der Waals surface area contributed by atoms with Gasteiger partial charge in [0.05, 0.1) is 5.56 Å². The molecule has 0 amide bonds. The van der Waals surface area contributed by atoms with E-state index in [0.717, 1.165) is 31.2 Å². The van der Waals surface area contributed by atoms with Crippen molar-refractivity contribution in [1.82, 2.24) is 0 Å². The second-order valence-electron chi connectivity index (χ2n) is 4.92. The van der Waals surface area contributed by atoms with Crippen molar-refractivity contribution in [2.45, 2.75) is 25.7 Å². The Bertz CT molecular complexity index is 579. The van der Waals surface area contributed by atoms with Crippen molar-refractivity contribution in [2.75, 3.05) is 5.73 Å². The van der Waals surface area contributed by atoms with Crippen LogP contribution in [-0.4, -0.2) is 11.1 Å². The van der Waals surface area contributed by atoms with Gasteiger partial charge in [0, 0.05) is 5.69 Å². The summed E-state index contributed by atoms with van der Waals surface area (Å²) in [5.74, 6) is -0.974. The molecule has 0 aliphatic rings. The molecule has 2 aromatic rings. The highest BCUT2D eigenvalue weighted by Crippen LogP contribution is 2.16. The number of nitrogens with two attached hydrogens (primary N) is 1. The van der Waals surface area contributed by atoms with E-state index in [1.807, 2.05) is 12.1 Å². The highest BCUT2D eigenvalue weighted by Gasteiger charge is 2.07. The fraction of sp³-hybridized carbons (Fsp3) is 0.235. The first kappa shape index (κ1) is 14.1. The van der Waals surface area contributed by atoms with Gasteiger partial charge in [-0.1, -0.05) is 36.4 Å². The van der Waals surface area contributed by atoms with Crippen LogP contribution >= 0.6 is 0 Å². The molecular weight excluding hydrogens is 250 g/mol. The topological polar surface area (TPSA) is 63.3 Å². The maximum Gasteiger partial charge on any atom is 0.337 e. The molecule has 0 unspecified atom stereocenters. The van der Waals surface area contributed by atoms with Crippen molar-refractivity contribution >= 4 is 11.7 Å². The summed E-state index contributed by atoms with van der Waals surface area (Å²) in [6.45, 7) is 0. The number of carbonyl (C=O) groups is 1. The molecule has 0 fully saturated rings. The zero-order valence-electron chi connectivity index (χ0n) is 11.4. The lowest BCUT2D eigenvalue weighted by atomic mass is 10.0. The number of benzene rings is 2. The summed E-state index contributed by atoms with van der Waals surface area (Å²) in [6.07, 6.45) is 4.19. The van der Waals surface area contributed by atoms with Gasteiger partial charge in [0.15, 0.2) is 0 Å². The van der Waals surface area contributed by atoms with E-state index in [-0.39, 0.29) is 5.56 Å². The van der Waals surface area contributed by atoms with Crippen LogP contribution in [0.15, 0.2) is 48.5 Å². The first-order valence-electron chi connectivity index (χ1n) is 6.82. The fourth-order valence-corrected chi connectivity index (χ4v) is 2.27. The molecule has 3 N–H and O–H groups in total. The third-order valence-electron chi connectivity index (χ3n) is 3.37. The number of aromatic carboxylic acids is 1. The molecule has 2 aromatic carbocycles. The molecule has 3 heteroatoms. The van der Waals surface area contributed by atoms with Gasteiger partial charge in [-0.25, -0.2) is 4.79 Å². The number of carboxylic acids is 1. The molecule has 0 radical (unpaired) electrons. The molecule has 0 saturated heterocycles. The van der Waals surface area contributed by atoms with Crippen molar-refractivity contribution in [3.8, 4) is 0 Å². The van der Waals surface area contributed by atoms with Gasteiger partial charge in [0.1, 0.15) is 0 Å². The van der Waals surface area contributed by atoms with E-state index in [1.54, 1.807) is 12.1 Å². The average Bonchev–Trinajstić information content (AvgIpc) is 2.44. The van der Waals surface area contributed by atoms with E-state index in [0.29, 0.717) is 5.69 Å². The third kappa shape index (κ3) is 3.85. The molecule has 2 rings (SSSR count). The Morgan fingerprint density at radius 3 is 2.20 bits per heavy atom. The van der Waals surface area contributed by atoms with Crippen LogP contribution in [0.5, 0.6) is 0 Å². The Labute approximate surface area is 119 Å². The summed E-state index contributed by atoms with van der Waals surface area (Å²) in [5, 5.41) is 8.92. The van der Waals surface area contributed by atoms with Gasteiger partial charge < -0.3 is 10.8 Å². The molecular formula is C17H19NO2. The van der Waals surface area contributed by atoms with Gasteiger partial charge in [0.25, 0.3) is 0 Å². The Morgan fingerprint density at radius 1 is 0.950 bits per heavy atom. The summed E-state index contributed by atoms with van der Waals surface area (Å²) >= 11 is 0. The molecule has 0 saturated carbocycles. The van der Waals surface area contributed by atoms with Crippen molar-refractivity contribution in [1.29, 1.82) is 0 Å². The van der Waals surface area contributed by atoms with E-state index in [2.05, 4.69) is 24.3 Å². The van der Waals surface area contributed by atoms with Crippen LogP contribution in [0.1, 0.15) is 34.3 Å². The van der Waals surface area contributed by atoms with Crippen molar-refractivity contribution in [3.05, 3.63) is 65.2 Å². The Balaban J connectivity index is 1.83. The predicted molar refractivity (Wildman–Crippen MR) is 80.9 cm³/mol. The third-order valence-corrected chi connectivity index (χ3v) is 3.37. The second-order valence-corrected chi connectivity index (χ2v) is 4.92. The summed E-state index contributed by atoms with van der Waals surface area (Å²) in [7, 11) is 0. The van der Waals surface area contributed by atoms with Crippen molar-refractivity contribution in [3.63, 3.8) is 0 Å². The quantitative estimate of drug-likeness (QED) is 0.623. The van der Waals surface area contributed by atoms with Crippen LogP contribution in [0.2, 0.25) is 0 Å². The number of anilines is 1. The maximum atomic E-state index is 10.9. The minimum Gasteiger partial charge on any atom is -0.478 e.